The Morgan fingerprint density at radius 3 is 2.93 bits per heavy atom. The Labute approximate surface area is 94.7 Å². The Morgan fingerprint density at radius 1 is 1.60 bits per heavy atom. The van der Waals surface area contributed by atoms with Crippen molar-refractivity contribution in [3.05, 3.63) is 28.5 Å². The van der Waals surface area contributed by atoms with Crippen LogP contribution in [0, 0.1) is 5.82 Å². The van der Waals surface area contributed by atoms with E-state index in [1.54, 1.807) is 0 Å². The third-order valence-corrected chi connectivity index (χ3v) is 2.26. The first kappa shape index (κ1) is 11.8. The highest BCUT2D eigenvalue weighted by molar-refractivity contribution is 9.10. The van der Waals surface area contributed by atoms with Crippen LogP contribution >= 0.6 is 15.9 Å². The van der Waals surface area contributed by atoms with E-state index in [0.717, 1.165) is 0 Å². The zero-order valence-corrected chi connectivity index (χ0v) is 9.37. The van der Waals surface area contributed by atoms with Crippen LogP contribution in [0.3, 0.4) is 0 Å². The number of amidine groups is 1. The Morgan fingerprint density at radius 2 is 2.33 bits per heavy atom. The first-order valence-corrected chi connectivity index (χ1v) is 4.97. The van der Waals surface area contributed by atoms with Gasteiger partial charge in [0.1, 0.15) is 17.4 Å². The number of hydrogen-bond acceptors (Lipinski definition) is 3. The van der Waals surface area contributed by atoms with E-state index in [2.05, 4.69) is 21.1 Å². The van der Waals surface area contributed by atoms with Gasteiger partial charge in [-0.3, -0.25) is 0 Å². The van der Waals surface area contributed by atoms with Gasteiger partial charge in [0.15, 0.2) is 0 Å². The topological polar surface area (TPSA) is 67.8 Å². The van der Waals surface area contributed by atoms with Crippen molar-refractivity contribution in [2.75, 3.05) is 6.61 Å². The number of nitrogens with two attached hydrogens (primary N) is 1. The van der Waals surface area contributed by atoms with Crippen LogP contribution in [0.5, 0.6) is 5.75 Å². The third-order valence-electron chi connectivity index (χ3n) is 1.64. The lowest BCUT2D eigenvalue weighted by Crippen LogP contribution is -2.15. The van der Waals surface area contributed by atoms with Crippen LogP contribution < -0.4 is 10.5 Å². The molecule has 0 bridgehead atoms. The van der Waals surface area contributed by atoms with E-state index < -0.39 is 0 Å². The molecule has 0 atom stereocenters. The van der Waals surface area contributed by atoms with E-state index in [0.29, 0.717) is 16.6 Å². The highest BCUT2D eigenvalue weighted by Crippen LogP contribution is 2.25. The molecule has 0 saturated carbocycles. The van der Waals surface area contributed by atoms with Gasteiger partial charge in [0, 0.05) is 6.42 Å². The van der Waals surface area contributed by atoms with Gasteiger partial charge in [0.2, 0.25) is 0 Å². The summed E-state index contributed by atoms with van der Waals surface area (Å²) < 4.78 is 18.5. The van der Waals surface area contributed by atoms with Crippen molar-refractivity contribution in [1.82, 2.24) is 0 Å². The highest BCUT2D eigenvalue weighted by Gasteiger charge is 2.02. The number of ether oxygens (including phenoxy) is 1. The van der Waals surface area contributed by atoms with Crippen molar-refractivity contribution in [2.24, 2.45) is 10.9 Å². The van der Waals surface area contributed by atoms with Crippen LogP contribution in [0.4, 0.5) is 4.39 Å². The van der Waals surface area contributed by atoms with Gasteiger partial charge in [-0.15, -0.1) is 0 Å². The maximum absolute atomic E-state index is 12.7. The summed E-state index contributed by atoms with van der Waals surface area (Å²) in [6, 6.07) is 4.11. The molecule has 1 rings (SSSR count). The molecule has 0 heterocycles. The number of halogens is 2. The predicted octanol–water partition coefficient (Wildman–Crippen LogP) is 2.10. The van der Waals surface area contributed by atoms with Gasteiger partial charge in [-0.25, -0.2) is 4.39 Å². The summed E-state index contributed by atoms with van der Waals surface area (Å²) in [5.41, 5.74) is 5.25. The second-order valence-corrected chi connectivity index (χ2v) is 3.62. The van der Waals surface area contributed by atoms with Gasteiger partial charge in [0.05, 0.1) is 11.1 Å². The van der Waals surface area contributed by atoms with Crippen LogP contribution in [0.25, 0.3) is 0 Å². The fourth-order valence-electron chi connectivity index (χ4n) is 0.908. The van der Waals surface area contributed by atoms with Crippen molar-refractivity contribution >= 4 is 21.8 Å². The maximum atomic E-state index is 12.7. The number of oxime groups is 1. The largest absolute Gasteiger partial charge is 0.492 e. The standard InChI is InChI=1S/C9H10BrFN2O2/c10-7-5-6(11)1-2-8(7)15-4-3-9(12)13-14/h1-2,5,14H,3-4H2,(H2,12,13). The average molecular weight is 277 g/mol. The normalized spacial score (nSPS) is 11.5. The van der Waals surface area contributed by atoms with Crippen LogP contribution in [0.1, 0.15) is 6.42 Å². The van der Waals surface area contributed by atoms with Crippen molar-refractivity contribution < 1.29 is 14.3 Å². The van der Waals surface area contributed by atoms with Gasteiger partial charge in [-0.1, -0.05) is 5.16 Å². The summed E-state index contributed by atoms with van der Waals surface area (Å²) in [4.78, 5) is 0. The van der Waals surface area contributed by atoms with Gasteiger partial charge in [0.25, 0.3) is 0 Å². The molecule has 0 amide bonds. The van der Waals surface area contributed by atoms with Crippen LogP contribution in [-0.4, -0.2) is 17.6 Å². The smallest absolute Gasteiger partial charge is 0.142 e. The zero-order chi connectivity index (χ0) is 11.3. The quantitative estimate of drug-likeness (QED) is 0.383. The van der Waals surface area contributed by atoms with Crippen molar-refractivity contribution in [1.29, 1.82) is 0 Å². The fourth-order valence-corrected chi connectivity index (χ4v) is 1.37. The lowest BCUT2D eigenvalue weighted by atomic mass is 10.3. The highest BCUT2D eigenvalue weighted by atomic mass is 79.9. The molecule has 82 valence electrons. The van der Waals surface area contributed by atoms with Crippen LogP contribution in [0.15, 0.2) is 27.8 Å². The molecule has 0 aliphatic heterocycles. The van der Waals surface area contributed by atoms with Crippen LogP contribution in [0.2, 0.25) is 0 Å². The molecule has 0 saturated heterocycles. The predicted molar refractivity (Wildman–Crippen MR) is 57.6 cm³/mol. The second kappa shape index (κ2) is 5.55. The Hall–Kier alpha value is -1.30. The van der Waals surface area contributed by atoms with E-state index in [1.165, 1.54) is 18.2 Å². The van der Waals surface area contributed by atoms with Gasteiger partial charge >= 0.3 is 0 Å². The molecular weight excluding hydrogens is 267 g/mol. The first-order valence-electron chi connectivity index (χ1n) is 4.17. The van der Waals surface area contributed by atoms with E-state index in [4.69, 9.17) is 15.7 Å². The second-order valence-electron chi connectivity index (χ2n) is 2.76. The average Bonchev–Trinajstić information content (AvgIpc) is 2.21. The SMILES string of the molecule is N/C(CCOc1ccc(F)cc1Br)=N\O. The summed E-state index contributed by atoms with van der Waals surface area (Å²) in [6.45, 7) is 0.264. The fraction of sp³-hybridized carbons (Fsp3) is 0.222. The molecule has 0 fully saturated rings. The molecule has 0 unspecified atom stereocenters. The molecule has 6 heteroatoms. The molecule has 0 aliphatic rings. The monoisotopic (exact) mass is 276 g/mol. The summed E-state index contributed by atoms with van der Waals surface area (Å²) in [5.74, 6) is 0.265. The summed E-state index contributed by atoms with van der Waals surface area (Å²) in [7, 11) is 0. The third kappa shape index (κ3) is 3.75. The van der Waals surface area contributed by atoms with Crippen molar-refractivity contribution in [3.63, 3.8) is 0 Å². The van der Waals surface area contributed by atoms with Gasteiger partial charge in [-0.2, -0.15) is 0 Å². The summed E-state index contributed by atoms with van der Waals surface area (Å²) in [6.07, 6.45) is 0.306. The zero-order valence-electron chi connectivity index (χ0n) is 7.78. The summed E-state index contributed by atoms with van der Waals surface area (Å²) in [5, 5.41) is 11.1. The van der Waals surface area contributed by atoms with Gasteiger partial charge < -0.3 is 15.7 Å². The Kier molecular flexibility index (Phi) is 4.36. The number of benzene rings is 1. The number of hydrogen-bond donors (Lipinski definition) is 2. The molecule has 0 radical (unpaired) electrons. The number of rotatable bonds is 4. The molecular formula is C9H10BrFN2O2. The molecule has 3 N–H and O–H groups in total. The molecule has 1 aromatic rings. The Balaban J connectivity index is 2.51. The molecule has 0 aromatic heterocycles. The maximum Gasteiger partial charge on any atom is 0.142 e. The molecule has 4 nitrogen and oxygen atoms in total. The lowest BCUT2D eigenvalue weighted by Gasteiger charge is -2.07. The Bertz CT molecular complexity index is 371. The number of nitrogens with zero attached hydrogens (tertiary/aromatic N) is 1. The van der Waals surface area contributed by atoms with E-state index in [1.807, 2.05) is 0 Å². The summed E-state index contributed by atoms with van der Waals surface area (Å²) >= 11 is 3.16. The minimum absolute atomic E-state index is 0.0910. The van der Waals surface area contributed by atoms with E-state index in [9.17, 15) is 4.39 Å². The first-order chi connectivity index (χ1) is 7.13. The minimum Gasteiger partial charge on any atom is -0.492 e. The van der Waals surface area contributed by atoms with E-state index in [-0.39, 0.29) is 18.3 Å². The van der Waals surface area contributed by atoms with E-state index >= 15 is 0 Å². The van der Waals surface area contributed by atoms with Gasteiger partial charge in [-0.05, 0) is 34.1 Å². The lowest BCUT2D eigenvalue weighted by molar-refractivity contribution is 0.305. The molecule has 1 aromatic carbocycles. The molecule has 0 spiro atoms. The molecule has 15 heavy (non-hydrogen) atoms. The van der Waals surface area contributed by atoms with Crippen molar-refractivity contribution in [3.8, 4) is 5.75 Å². The minimum atomic E-state index is -0.342. The van der Waals surface area contributed by atoms with Crippen molar-refractivity contribution in [2.45, 2.75) is 6.42 Å². The molecule has 0 aliphatic carbocycles. The van der Waals surface area contributed by atoms with Crippen LogP contribution in [-0.2, 0) is 0 Å².